The second kappa shape index (κ2) is 10.8. The van der Waals surface area contributed by atoms with Crippen molar-refractivity contribution in [1.82, 2.24) is 10.2 Å². The van der Waals surface area contributed by atoms with Crippen LogP contribution in [0.1, 0.15) is 22.8 Å². The summed E-state index contributed by atoms with van der Waals surface area (Å²) in [5.74, 6) is -1.42. The normalized spacial score (nSPS) is 20.4. The lowest BCUT2D eigenvalue weighted by molar-refractivity contribution is -0.165. The average molecular weight is 513 g/mol. The highest BCUT2D eigenvalue weighted by molar-refractivity contribution is 8.03. The first kappa shape index (κ1) is 24.5. The molecular weight excluding hydrogens is 488 g/mol. The van der Waals surface area contributed by atoms with Gasteiger partial charge in [-0.1, -0.05) is 91.0 Å². The molecule has 186 valence electrons. The van der Waals surface area contributed by atoms with Gasteiger partial charge < -0.3 is 15.0 Å². The quantitative estimate of drug-likeness (QED) is 0.283. The molecular formula is C29H24N2O5S. The molecule has 0 bridgehead atoms. The summed E-state index contributed by atoms with van der Waals surface area (Å²) in [5.41, 5.74) is 2.51. The van der Waals surface area contributed by atoms with E-state index in [0.29, 0.717) is 6.29 Å². The molecule has 2 heterocycles. The summed E-state index contributed by atoms with van der Waals surface area (Å²) < 4.78 is 5.96. The van der Waals surface area contributed by atoms with E-state index in [1.54, 1.807) is 5.41 Å². The van der Waals surface area contributed by atoms with Gasteiger partial charge in [0.05, 0.1) is 6.42 Å². The van der Waals surface area contributed by atoms with E-state index in [9.17, 15) is 19.2 Å². The van der Waals surface area contributed by atoms with Crippen LogP contribution in [0.4, 0.5) is 0 Å². The molecule has 1 saturated heterocycles. The van der Waals surface area contributed by atoms with E-state index < -0.39 is 35.4 Å². The number of nitrogens with zero attached hydrogens (tertiary/aromatic N) is 1. The zero-order valence-corrected chi connectivity index (χ0v) is 20.5. The zero-order valence-electron chi connectivity index (χ0n) is 19.7. The summed E-state index contributed by atoms with van der Waals surface area (Å²) in [7, 11) is 0. The van der Waals surface area contributed by atoms with Crippen molar-refractivity contribution in [2.45, 2.75) is 30.0 Å². The first-order valence-corrected chi connectivity index (χ1v) is 12.8. The van der Waals surface area contributed by atoms with E-state index in [4.69, 9.17) is 4.74 Å². The SMILES string of the molecule is O=CC1=CS[C@H]2[C@H](NC(=O)Cc3ccccc3)C(=O)N2[C@H]1C(=O)OC(c1ccccc1)c1ccccc1. The third-order valence-corrected chi connectivity index (χ3v) is 7.53. The number of carbonyl (C=O) groups excluding carboxylic acids is 4. The minimum absolute atomic E-state index is 0.138. The van der Waals surface area contributed by atoms with Gasteiger partial charge in [0.25, 0.3) is 0 Å². The van der Waals surface area contributed by atoms with E-state index in [0.717, 1.165) is 16.7 Å². The van der Waals surface area contributed by atoms with Crippen molar-refractivity contribution in [3.8, 4) is 0 Å². The standard InChI is InChI=1S/C29H24N2O5S/c32-17-22-18-37-28-24(30-23(33)16-19-10-4-1-5-11-19)27(34)31(28)25(22)29(35)36-26(20-12-6-2-7-13-20)21-14-8-3-9-15-21/h1-15,17-18,24-26,28H,16H2,(H,30,33)/t24-,25-,28+/m1/s1. The number of nitrogens with one attached hydrogen (secondary N) is 1. The number of β-lactam (4-membered cyclic amide) rings is 1. The van der Waals surface area contributed by atoms with Crippen molar-refractivity contribution in [1.29, 1.82) is 0 Å². The molecule has 0 unspecified atom stereocenters. The van der Waals surface area contributed by atoms with Crippen LogP contribution in [0.15, 0.2) is 102 Å². The fourth-order valence-electron chi connectivity index (χ4n) is 4.52. The predicted molar refractivity (Wildman–Crippen MR) is 139 cm³/mol. The van der Waals surface area contributed by atoms with Gasteiger partial charge in [-0.3, -0.25) is 14.4 Å². The molecule has 2 aliphatic heterocycles. The molecule has 2 aliphatic rings. The Kier molecular flexibility index (Phi) is 7.18. The number of carbonyl (C=O) groups is 4. The molecule has 0 radical (unpaired) electrons. The lowest BCUT2D eigenvalue weighted by Crippen LogP contribution is -2.74. The predicted octanol–water partition coefficient (Wildman–Crippen LogP) is 3.41. The van der Waals surface area contributed by atoms with Gasteiger partial charge >= 0.3 is 5.97 Å². The number of thioether (sulfide) groups is 1. The van der Waals surface area contributed by atoms with Crippen molar-refractivity contribution >= 4 is 35.8 Å². The third kappa shape index (κ3) is 5.06. The number of rotatable bonds is 8. The number of benzene rings is 3. The fraction of sp³-hybridized carbons (Fsp3) is 0.172. The Balaban J connectivity index is 1.34. The van der Waals surface area contributed by atoms with Gasteiger partial charge in [-0.15, -0.1) is 11.8 Å². The van der Waals surface area contributed by atoms with Crippen molar-refractivity contribution in [3.63, 3.8) is 0 Å². The van der Waals surface area contributed by atoms with Gasteiger partial charge in [-0.2, -0.15) is 0 Å². The summed E-state index contributed by atoms with van der Waals surface area (Å²) in [6.45, 7) is 0. The highest BCUT2D eigenvalue weighted by Gasteiger charge is 2.56. The first-order valence-electron chi connectivity index (χ1n) is 11.8. The molecule has 5 rings (SSSR count). The largest absolute Gasteiger partial charge is 0.451 e. The third-order valence-electron chi connectivity index (χ3n) is 6.34. The maximum Gasteiger partial charge on any atom is 0.334 e. The van der Waals surface area contributed by atoms with Crippen LogP contribution in [0.5, 0.6) is 0 Å². The van der Waals surface area contributed by atoms with E-state index >= 15 is 0 Å². The van der Waals surface area contributed by atoms with E-state index in [1.165, 1.54) is 16.7 Å². The number of hydrogen-bond donors (Lipinski definition) is 1. The van der Waals surface area contributed by atoms with Crippen molar-refractivity contribution in [3.05, 3.63) is 119 Å². The molecule has 7 nitrogen and oxygen atoms in total. The molecule has 2 amide bonds. The van der Waals surface area contributed by atoms with Crippen molar-refractivity contribution < 1.29 is 23.9 Å². The van der Waals surface area contributed by atoms with Crippen LogP contribution >= 0.6 is 11.8 Å². The molecule has 8 heteroatoms. The number of esters is 1. The van der Waals surface area contributed by atoms with Gasteiger partial charge in [0.1, 0.15) is 17.7 Å². The zero-order chi connectivity index (χ0) is 25.8. The Bertz CT molecular complexity index is 1290. The Morgan fingerprint density at radius 3 is 2.05 bits per heavy atom. The van der Waals surface area contributed by atoms with E-state index in [-0.39, 0.29) is 17.9 Å². The maximum atomic E-state index is 13.5. The Labute approximate surface area is 218 Å². The average Bonchev–Trinajstić information content (AvgIpc) is 2.95. The van der Waals surface area contributed by atoms with Crippen LogP contribution < -0.4 is 5.32 Å². The van der Waals surface area contributed by atoms with Gasteiger partial charge in [0.15, 0.2) is 12.1 Å². The fourth-order valence-corrected chi connectivity index (χ4v) is 5.70. The summed E-state index contributed by atoms with van der Waals surface area (Å²) in [6.07, 6.45) is -0.00345. The molecule has 3 aromatic rings. The smallest absolute Gasteiger partial charge is 0.334 e. The van der Waals surface area contributed by atoms with Crippen LogP contribution in [0.2, 0.25) is 0 Å². The number of fused-ring (bicyclic) bond motifs is 1. The lowest BCUT2D eigenvalue weighted by atomic mass is 9.97. The van der Waals surface area contributed by atoms with Gasteiger partial charge in [-0.05, 0) is 22.1 Å². The van der Waals surface area contributed by atoms with Crippen molar-refractivity contribution in [2.24, 2.45) is 0 Å². The van der Waals surface area contributed by atoms with Crippen LogP contribution in [0.25, 0.3) is 0 Å². The Hall–Kier alpha value is -4.17. The topological polar surface area (TPSA) is 92.8 Å². The Morgan fingerprint density at radius 1 is 0.919 bits per heavy atom. The van der Waals surface area contributed by atoms with E-state index in [2.05, 4.69) is 5.32 Å². The summed E-state index contributed by atoms with van der Waals surface area (Å²) in [4.78, 5) is 52.4. The van der Waals surface area contributed by atoms with Gasteiger partial charge in [0, 0.05) is 5.57 Å². The molecule has 3 aromatic carbocycles. The van der Waals surface area contributed by atoms with Crippen LogP contribution in [-0.2, 0) is 30.3 Å². The molecule has 1 N–H and O–H groups in total. The molecule has 3 atom stereocenters. The highest BCUT2D eigenvalue weighted by atomic mass is 32.2. The van der Waals surface area contributed by atoms with Crippen LogP contribution in [0.3, 0.4) is 0 Å². The van der Waals surface area contributed by atoms with Crippen molar-refractivity contribution in [2.75, 3.05) is 0 Å². The molecule has 0 aliphatic carbocycles. The lowest BCUT2D eigenvalue weighted by Gasteiger charge is -2.51. The molecule has 37 heavy (non-hydrogen) atoms. The highest BCUT2D eigenvalue weighted by Crippen LogP contribution is 2.40. The van der Waals surface area contributed by atoms with E-state index in [1.807, 2.05) is 91.0 Å². The van der Waals surface area contributed by atoms with Crippen LogP contribution in [0, 0.1) is 0 Å². The minimum atomic E-state index is -1.19. The molecule has 0 aromatic heterocycles. The molecule has 0 spiro atoms. The second-order valence-electron chi connectivity index (χ2n) is 8.76. The monoisotopic (exact) mass is 512 g/mol. The summed E-state index contributed by atoms with van der Waals surface area (Å²) in [5, 5.41) is 3.84. The minimum Gasteiger partial charge on any atom is -0.451 e. The number of aldehydes is 1. The molecule has 1 fully saturated rings. The summed E-state index contributed by atoms with van der Waals surface area (Å²) >= 11 is 1.23. The maximum absolute atomic E-state index is 13.5. The Morgan fingerprint density at radius 2 is 1.49 bits per heavy atom. The molecule has 0 saturated carbocycles. The second-order valence-corrected chi connectivity index (χ2v) is 9.75. The van der Waals surface area contributed by atoms with Crippen LogP contribution in [-0.4, -0.2) is 46.4 Å². The first-order chi connectivity index (χ1) is 18.1. The van der Waals surface area contributed by atoms with Gasteiger partial charge in [-0.25, -0.2) is 4.79 Å². The number of hydrogen-bond acceptors (Lipinski definition) is 6. The number of ether oxygens (including phenoxy) is 1. The van der Waals surface area contributed by atoms with Gasteiger partial charge in [0.2, 0.25) is 11.8 Å². The summed E-state index contributed by atoms with van der Waals surface area (Å²) in [6, 6.07) is 25.8. The number of amides is 2.